The molecule has 3 aromatic carbocycles. The Labute approximate surface area is 197 Å². The molecule has 0 aliphatic heterocycles. The minimum atomic E-state index is -4.55. The van der Waals surface area contributed by atoms with Crippen LogP contribution in [-0.4, -0.2) is 20.9 Å². The van der Waals surface area contributed by atoms with Crippen LogP contribution in [0.2, 0.25) is 10.0 Å². The van der Waals surface area contributed by atoms with Crippen LogP contribution in [-0.2, 0) is 21.0 Å². The summed E-state index contributed by atoms with van der Waals surface area (Å²) in [6, 6.07) is 13.8. The van der Waals surface area contributed by atoms with E-state index < -0.39 is 34.3 Å². The fourth-order valence-corrected chi connectivity index (χ4v) is 4.12. The zero-order chi connectivity index (χ0) is 24.2. The summed E-state index contributed by atoms with van der Waals surface area (Å²) in [7, 11) is -3.96. The van der Waals surface area contributed by atoms with Crippen molar-refractivity contribution in [2.75, 3.05) is 16.6 Å². The number of anilines is 2. The summed E-state index contributed by atoms with van der Waals surface area (Å²) in [6.07, 6.45) is -4.55. The highest BCUT2D eigenvalue weighted by molar-refractivity contribution is 7.92. The van der Waals surface area contributed by atoms with Gasteiger partial charge in [-0.2, -0.15) is 13.2 Å². The molecule has 3 rings (SSSR count). The maximum Gasteiger partial charge on any atom is 0.416 e. The fraction of sp³-hybridized carbons (Fsp3) is 0.0952. The summed E-state index contributed by atoms with van der Waals surface area (Å²) in [6.45, 7) is -0.564. The predicted molar refractivity (Wildman–Crippen MR) is 119 cm³/mol. The Morgan fingerprint density at radius 3 is 2.27 bits per heavy atom. The van der Waals surface area contributed by atoms with Crippen molar-refractivity contribution >= 4 is 50.5 Å². The molecule has 0 aliphatic rings. The third kappa shape index (κ3) is 6.77. The summed E-state index contributed by atoms with van der Waals surface area (Å²) >= 11 is 11.9. The molecule has 0 aromatic heterocycles. The van der Waals surface area contributed by atoms with E-state index in [4.69, 9.17) is 27.9 Å². The summed E-state index contributed by atoms with van der Waals surface area (Å²) in [4.78, 5) is 11.9. The van der Waals surface area contributed by atoms with Gasteiger partial charge in [-0.1, -0.05) is 29.3 Å². The largest absolute Gasteiger partial charge is 0.482 e. The van der Waals surface area contributed by atoms with Gasteiger partial charge in [-0.05, 0) is 60.7 Å². The lowest BCUT2D eigenvalue weighted by molar-refractivity contribution is -0.137. The number of alkyl halides is 3. The Hall–Kier alpha value is -2.95. The number of nitrogens with one attached hydrogen (secondary N) is 2. The van der Waals surface area contributed by atoms with Gasteiger partial charge in [-0.3, -0.25) is 9.52 Å². The normalized spacial score (nSPS) is 11.7. The lowest BCUT2D eigenvalue weighted by Crippen LogP contribution is -2.20. The zero-order valence-electron chi connectivity index (χ0n) is 16.5. The summed E-state index contributed by atoms with van der Waals surface area (Å²) in [5.41, 5.74) is -0.672. The fourth-order valence-electron chi connectivity index (χ4n) is 2.61. The molecule has 6 nitrogen and oxygen atoms in total. The molecule has 0 unspecified atom stereocenters. The van der Waals surface area contributed by atoms with Gasteiger partial charge >= 0.3 is 6.18 Å². The van der Waals surface area contributed by atoms with Crippen LogP contribution >= 0.6 is 23.2 Å². The van der Waals surface area contributed by atoms with Gasteiger partial charge in [0.15, 0.2) is 6.61 Å². The van der Waals surface area contributed by atoms with Crippen molar-refractivity contribution in [2.24, 2.45) is 0 Å². The lowest BCUT2D eigenvalue weighted by Gasteiger charge is -2.12. The van der Waals surface area contributed by atoms with Crippen molar-refractivity contribution in [3.05, 3.63) is 82.3 Å². The number of amides is 1. The Kier molecular flexibility index (Phi) is 7.41. The van der Waals surface area contributed by atoms with Crippen LogP contribution in [0.5, 0.6) is 5.75 Å². The number of hydrogen-bond acceptors (Lipinski definition) is 4. The standard InChI is InChI=1S/C21H15Cl2F3N2O4S/c22-14-4-6-15(7-5-14)28-33(30,31)17-8-9-19(18(23)11-17)32-12-20(29)27-16-3-1-2-13(10-16)21(24,25)26/h1-11,28H,12H2,(H,27,29). The molecule has 0 fully saturated rings. The molecule has 0 atom stereocenters. The zero-order valence-corrected chi connectivity index (χ0v) is 18.8. The Balaban J connectivity index is 1.63. The first-order valence-electron chi connectivity index (χ1n) is 9.12. The monoisotopic (exact) mass is 518 g/mol. The Morgan fingerprint density at radius 2 is 1.64 bits per heavy atom. The first kappa shape index (κ1) is 24.7. The molecule has 0 bridgehead atoms. The summed E-state index contributed by atoms with van der Waals surface area (Å²) in [5.74, 6) is -0.715. The van der Waals surface area contributed by atoms with Gasteiger partial charge in [0.25, 0.3) is 15.9 Å². The number of rotatable bonds is 7. The van der Waals surface area contributed by atoms with Crippen molar-refractivity contribution in [1.29, 1.82) is 0 Å². The number of carbonyl (C=O) groups excluding carboxylic acids is 1. The second kappa shape index (κ2) is 9.90. The quantitative estimate of drug-likeness (QED) is 0.412. The van der Waals surface area contributed by atoms with Crippen molar-refractivity contribution in [1.82, 2.24) is 0 Å². The highest BCUT2D eigenvalue weighted by Crippen LogP contribution is 2.31. The number of carbonyl (C=O) groups is 1. The average Bonchev–Trinajstić information content (AvgIpc) is 2.74. The number of halogens is 5. The third-order valence-electron chi connectivity index (χ3n) is 4.14. The van der Waals surface area contributed by atoms with Gasteiger partial charge in [-0.15, -0.1) is 0 Å². The predicted octanol–water partition coefficient (Wildman–Crippen LogP) is 5.83. The lowest BCUT2D eigenvalue weighted by atomic mass is 10.2. The second-order valence-electron chi connectivity index (χ2n) is 6.62. The van der Waals surface area contributed by atoms with E-state index in [-0.39, 0.29) is 21.4 Å². The van der Waals surface area contributed by atoms with Crippen LogP contribution < -0.4 is 14.8 Å². The van der Waals surface area contributed by atoms with Crippen LogP contribution in [0, 0.1) is 0 Å². The number of sulfonamides is 1. The maximum absolute atomic E-state index is 12.8. The van der Waals surface area contributed by atoms with Gasteiger partial charge in [-0.25, -0.2) is 8.42 Å². The molecular formula is C21H15Cl2F3N2O4S. The van der Waals surface area contributed by atoms with Crippen molar-refractivity contribution < 1.29 is 31.1 Å². The van der Waals surface area contributed by atoms with E-state index in [9.17, 15) is 26.4 Å². The van der Waals surface area contributed by atoms with Crippen LogP contribution in [0.1, 0.15) is 5.56 Å². The molecule has 2 N–H and O–H groups in total. The van der Waals surface area contributed by atoms with E-state index in [1.165, 1.54) is 42.5 Å². The number of hydrogen-bond donors (Lipinski definition) is 2. The molecule has 174 valence electrons. The Morgan fingerprint density at radius 1 is 0.939 bits per heavy atom. The van der Waals surface area contributed by atoms with E-state index >= 15 is 0 Å². The minimum Gasteiger partial charge on any atom is -0.482 e. The highest BCUT2D eigenvalue weighted by Gasteiger charge is 2.30. The molecule has 0 saturated carbocycles. The number of ether oxygens (including phenoxy) is 1. The van der Waals surface area contributed by atoms with E-state index in [1.54, 1.807) is 0 Å². The smallest absolute Gasteiger partial charge is 0.416 e. The molecule has 0 spiro atoms. The first-order valence-corrected chi connectivity index (χ1v) is 11.4. The molecule has 3 aromatic rings. The molecular weight excluding hydrogens is 504 g/mol. The van der Waals surface area contributed by atoms with Gasteiger partial charge in [0, 0.05) is 16.4 Å². The number of benzene rings is 3. The van der Waals surface area contributed by atoms with Crippen LogP contribution in [0.4, 0.5) is 24.5 Å². The van der Waals surface area contributed by atoms with Gasteiger partial charge < -0.3 is 10.1 Å². The summed E-state index contributed by atoms with van der Waals surface area (Å²) in [5, 5.41) is 2.65. The summed E-state index contributed by atoms with van der Waals surface area (Å²) < 4.78 is 71.0. The molecule has 12 heteroatoms. The SMILES string of the molecule is O=C(COc1ccc(S(=O)(=O)Nc2ccc(Cl)cc2)cc1Cl)Nc1cccc(C(F)(F)F)c1. The topological polar surface area (TPSA) is 84.5 Å². The van der Waals surface area contributed by atoms with E-state index in [0.29, 0.717) is 10.7 Å². The first-order chi connectivity index (χ1) is 15.4. The average molecular weight is 519 g/mol. The van der Waals surface area contributed by atoms with E-state index in [1.807, 2.05) is 0 Å². The van der Waals surface area contributed by atoms with Crippen LogP contribution in [0.25, 0.3) is 0 Å². The van der Waals surface area contributed by atoms with Crippen LogP contribution in [0.3, 0.4) is 0 Å². The third-order valence-corrected chi connectivity index (χ3v) is 6.07. The van der Waals surface area contributed by atoms with Gasteiger partial charge in [0.1, 0.15) is 5.75 Å². The molecule has 0 radical (unpaired) electrons. The van der Waals surface area contributed by atoms with Crippen LogP contribution in [0.15, 0.2) is 71.6 Å². The molecule has 1 amide bonds. The molecule has 0 saturated heterocycles. The van der Waals surface area contributed by atoms with E-state index in [2.05, 4.69) is 10.0 Å². The molecule has 33 heavy (non-hydrogen) atoms. The van der Waals surface area contributed by atoms with Gasteiger partial charge in [0.05, 0.1) is 15.5 Å². The van der Waals surface area contributed by atoms with E-state index in [0.717, 1.165) is 24.3 Å². The maximum atomic E-state index is 12.8. The van der Waals surface area contributed by atoms with Crippen molar-refractivity contribution in [3.8, 4) is 5.75 Å². The highest BCUT2D eigenvalue weighted by atomic mass is 35.5. The van der Waals surface area contributed by atoms with Crippen molar-refractivity contribution in [2.45, 2.75) is 11.1 Å². The molecule has 0 heterocycles. The molecule has 0 aliphatic carbocycles. The minimum absolute atomic E-state index is 0.0151. The second-order valence-corrected chi connectivity index (χ2v) is 9.15. The Bertz CT molecular complexity index is 1270. The van der Waals surface area contributed by atoms with Crippen molar-refractivity contribution in [3.63, 3.8) is 0 Å². The van der Waals surface area contributed by atoms with Gasteiger partial charge in [0.2, 0.25) is 0 Å².